The normalized spacial score (nSPS) is 13.6. The van der Waals surface area contributed by atoms with Gasteiger partial charge in [0.1, 0.15) is 0 Å². The molecule has 0 aliphatic carbocycles. The van der Waals surface area contributed by atoms with Crippen molar-refractivity contribution in [2.24, 2.45) is 0 Å². The van der Waals surface area contributed by atoms with Gasteiger partial charge in [0.25, 0.3) is 0 Å². The summed E-state index contributed by atoms with van der Waals surface area (Å²) >= 11 is 0. The second-order valence-electron chi connectivity index (χ2n) is 4.24. The molecule has 0 amide bonds. The van der Waals surface area contributed by atoms with Gasteiger partial charge in [-0.15, -0.1) is 0 Å². The van der Waals surface area contributed by atoms with E-state index in [0.29, 0.717) is 6.54 Å². The summed E-state index contributed by atoms with van der Waals surface area (Å²) in [5, 5.41) is 2.71. The van der Waals surface area contributed by atoms with Crippen LogP contribution in [0.4, 0.5) is 26.3 Å². The van der Waals surface area contributed by atoms with Crippen LogP contribution in [0.3, 0.4) is 0 Å². The third-order valence-electron chi connectivity index (χ3n) is 2.12. The standard InChI is InChI=1S/C10H18F6N2O/c1-18(2)6-3-4-17-5-7-19-8(9(11,12)13)10(14,15)16/h8,17H,3-7H2,1-2H3. The molecular weight excluding hydrogens is 278 g/mol. The predicted octanol–water partition coefficient (Wildman–Crippen LogP) is 2.04. The zero-order chi connectivity index (χ0) is 15.1. The highest BCUT2D eigenvalue weighted by Crippen LogP contribution is 2.35. The van der Waals surface area contributed by atoms with E-state index < -0.39 is 25.1 Å². The topological polar surface area (TPSA) is 24.5 Å². The van der Waals surface area contributed by atoms with E-state index in [2.05, 4.69) is 10.1 Å². The third kappa shape index (κ3) is 9.06. The van der Waals surface area contributed by atoms with E-state index in [1.165, 1.54) is 0 Å². The number of nitrogens with one attached hydrogen (secondary N) is 1. The molecule has 0 radical (unpaired) electrons. The summed E-state index contributed by atoms with van der Waals surface area (Å²) in [6.07, 6.45) is -13.9. The highest BCUT2D eigenvalue weighted by atomic mass is 19.4. The lowest BCUT2D eigenvalue weighted by Crippen LogP contribution is -2.45. The van der Waals surface area contributed by atoms with E-state index in [4.69, 9.17) is 0 Å². The van der Waals surface area contributed by atoms with Gasteiger partial charge in [0.05, 0.1) is 6.61 Å². The average molecular weight is 296 g/mol. The fourth-order valence-electron chi connectivity index (χ4n) is 1.27. The molecule has 0 fully saturated rings. The van der Waals surface area contributed by atoms with E-state index in [1.54, 1.807) is 0 Å². The Labute approximate surface area is 107 Å². The molecule has 0 saturated carbocycles. The fourth-order valence-corrected chi connectivity index (χ4v) is 1.27. The molecule has 3 nitrogen and oxygen atoms in total. The monoisotopic (exact) mass is 296 g/mol. The number of halogens is 6. The number of rotatable bonds is 8. The van der Waals surface area contributed by atoms with Crippen molar-refractivity contribution in [2.75, 3.05) is 40.3 Å². The summed E-state index contributed by atoms with van der Waals surface area (Å²) in [5.41, 5.74) is 0. The molecule has 0 aliphatic rings. The van der Waals surface area contributed by atoms with E-state index >= 15 is 0 Å². The minimum absolute atomic E-state index is 0.0594. The van der Waals surface area contributed by atoms with Crippen LogP contribution in [0.2, 0.25) is 0 Å². The number of hydrogen-bond acceptors (Lipinski definition) is 3. The maximum atomic E-state index is 12.1. The van der Waals surface area contributed by atoms with Crippen molar-refractivity contribution < 1.29 is 31.1 Å². The number of ether oxygens (including phenoxy) is 1. The van der Waals surface area contributed by atoms with E-state index in [1.807, 2.05) is 19.0 Å². The van der Waals surface area contributed by atoms with Crippen molar-refractivity contribution in [1.29, 1.82) is 0 Å². The van der Waals surface area contributed by atoms with Crippen LogP contribution in [0.5, 0.6) is 0 Å². The largest absolute Gasteiger partial charge is 0.423 e. The molecule has 0 spiro atoms. The van der Waals surface area contributed by atoms with Gasteiger partial charge >= 0.3 is 12.4 Å². The van der Waals surface area contributed by atoms with E-state index in [-0.39, 0.29) is 6.54 Å². The Morgan fingerprint density at radius 3 is 1.95 bits per heavy atom. The van der Waals surface area contributed by atoms with Gasteiger partial charge in [-0.1, -0.05) is 0 Å². The van der Waals surface area contributed by atoms with Gasteiger partial charge in [0, 0.05) is 6.54 Å². The number of alkyl halides is 6. The zero-order valence-electron chi connectivity index (χ0n) is 10.7. The van der Waals surface area contributed by atoms with Crippen molar-refractivity contribution in [3.8, 4) is 0 Å². The van der Waals surface area contributed by atoms with E-state index in [0.717, 1.165) is 13.0 Å². The molecule has 1 N–H and O–H groups in total. The van der Waals surface area contributed by atoms with Crippen LogP contribution in [-0.2, 0) is 4.74 Å². The lowest BCUT2D eigenvalue weighted by molar-refractivity contribution is -0.321. The van der Waals surface area contributed by atoms with Gasteiger partial charge in [0.2, 0.25) is 6.10 Å². The molecule has 0 aromatic heterocycles. The molecule has 0 aromatic rings. The molecule has 0 heterocycles. The first-order valence-corrected chi connectivity index (χ1v) is 5.65. The number of hydrogen-bond donors (Lipinski definition) is 1. The van der Waals surface area contributed by atoms with Crippen molar-refractivity contribution in [3.05, 3.63) is 0 Å². The lowest BCUT2D eigenvalue weighted by Gasteiger charge is -2.23. The average Bonchev–Trinajstić information content (AvgIpc) is 2.17. The molecule has 0 rings (SSSR count). The lowest BCUT2D eigenvalue weighted by atomic mass is 10.3. The van der Waals surface area contributed by atoms with E-state index in [9.17, 15) is 26.3 Å². The molecule has 116 valence electrons. The van der Waals surface area contributed by atoms with Gasteiger partial charge in [0.15, 0.2) is 0 Å². The minimum atomic E-state index is -5.44. The molecule has 0 bridgehead atoms. The fraction of sp³-hybridized carbons (Fsp3) is 1.00. The third-order valence-corrected chi connectivity index (χ3v) is 2.12. The summed E-state index contributed by atoms with van der Waals surface area (Å²) in [4.78, 5) is 1.92. The first-order valence-electron chi connectivity index (χ1n) is 5.65. The second-order valence-corrected chi connectivity index (χ2v) is 4.24. The van der Waals surface area contributed by atoms with Gasteiger partial charge in [-0.05, 0) is 33.6 Å². The molecule has 0 unspecified atom stereocenters. The van der Waals surface area contributed by atoms with Crippen molar-refractivity contribution in [1.82, 2.24) is 10.2 Å². The highest BCUT2D eigenvalue weighted by Gasteiger charge is 2.57. The predicted molar refractivity (Wildman–Crippen MR) is 57.9 cm³/mol. The van der Waals surface area contributed by atoms with Crippen molar-refractivity contribution >= 4 is 0 Å². The molecule has 0 saturated heterocycles. The van der Waals surface area contributed by atoms with Crippen LogP contribution in [0.25, 0.3) is 0 Å². The summed E-state index contributed by atoms with van der Waals surface area (Å²) in [7, 11) is 3.72. The smallest absolute Gasteiger partial charge is 0.360 e. The van der Waals surface area contributed by atoms with Gasteiger partial charge < -0.3 is 15.0 Å². The highest BCUT2D eigenvalue weighted by molar-refractivity contribution is 4.76. The Hall–Kier alpha value is -0.540. The molecule has 0 atom stereocenters. The van der Waals surface area contributed by atoms with Gasteiger partial charge in [-0.3, -0.25) is 0 Å². The first-order chi connectivity index (χ1) is 8.55. The molecule has 0 aromatic carbocycles. The maximum Gasteiger partial charge on any atom is 0.423 e. The Morgan fingerprint density at radius 2 is 1.53 bits per heavy atom. The SMILES string of the molecule is CN(C)CCCNCCOC(C(F)(F)F)C(F)(F)F. The van der Waals surface area contributed by atoms with Crippen LogP contribution in [0.15, 0.2) is 0 Å². The Balaban J connectivity index is 3.84. The van der Waals surface area contributed by atoms with Crippen LogP contribution >= 0.6 is 0 Å². The van der Waals surface area contributed by atoms with Crippen molar-refractivity contribution in [2.45, 2.75) is 24.9 Å². The van der Waals surface area contributed by atoms with Crippen LogP contribution in [-0.4, -0.2) is 63.7 Å². The maximum absolute atomic E-state index is 12.1. The minimum Gasteiger partial charge on any atom is -0.360 e. The molecule has 19 heavy (non-hydrogen) atoms. The molecular formula is C10H18F6N2O. The first kappa shape index (κ1) is 18.5. The molecule has 0 aliphatic heterocycles. The summed E-state index contributed by atoms with van der Waals surface area (Å²) in [6, 6.07) is 0. The molecule has 9 heteroatoms. The number of nitrogens with zero attached hydrogens (tertiary/aromatic N) is 1. The Kier molecular flexibility index (Phi) is 7.68. The van der Waals surface area contributed by atoms with Crippen LogP contribution in [0.1, 0.15) is 6.42 Å². The Bertz CT molecular complexity index is 227. The summed E-state index contributed by atoms with van der Waals surface area (Å²) in [6.45, 7) is 0.577. The van der Waals surface area contributed by atoms with Crippen LogP contribution in [0, 0.1) is 0 Å². The second kappa shape index (κ2) is 7.91. The quantitative estimate of drug-likeness (QED) is 0.548. The van der Waals surface area contributed by atoms with Crippen LogP contribution < -0.4 is 5.32 Å². The zero-order valence-corrected chi connectivity index (χ0v) is 10.7. The summed E-state index contributed by atoms with van der Waals surface area (Å²) in [5.74, 6) is 0. The van der Waals surface area contributed by atoms with Gasteiger partial charge in [-0.2, -0.15) is 26.3 Å². The van der Waals surface area contributed by atoms with Gasteiger partial charge in [-0.25, -0.2) is 0 Å². The summed E-state index contributed by atoms with van der Waals surface area (Å²) < 4.78 is 76.3. The van der Waals surface area contributed by atoms with Crippen molar-refractivity contribution in [3.63, 3.8) is 0 Å². The Morgan fingerprint density at radius 1 is 1.00 bits per heavy atom.